The third-order valence-electron chi connectivity index (χ3n) is 2.28. The van der Waals surface area contributed by atoms with E-state index in [1.165, 1.54) is 6.08 Å². The molecule has 0 fully saturated rings. The Bertz CT molecular complexity index is 521. The number of aliphatic hydroxyl groups is 1. The van der Waals surface area contributed by atoms with Gasteiger partial charge in [0.1, 0.15) is 23.8 Å². The molecule has 0 atom stereocenters. The summed E-state index contributed by atoms with van der Waals surface area (Å²) in [6.07, 6.45) is 5.00. The fourth-order valence-corrected chi connectivity index (χ4v) is 1.66. The number of fused-ring (bicyclic) bond motifs is 2. The molecule has 0 unspecified atom stereocenters. The maximum Gasteiger partial charge on any atom is 0.315 e. The molecule has 0 aromatic rings. The predicted octanol–water partition coefficient (Wildman–Crippen LogP) is 0.662. The number of aliphatic hydroxyl groups excluding tert-OH is 1. The highest BCUT2D eigenvalue weighted by atomic mass is 16.5. The minimum absolute atomic E-state index is 0.182. The number of ketones is 1. The van der Waals surface area contributed by atoms with Crippen molar-refractivity contribution in [1.29, 1.82) is 0 Å². The maximum atomic E-state index is 11.5. The van der Waals surface area contributed by atoms with Crippen molar-refractivity contribution in [1.82, 2.24) is 0 Å². The van der Waals surface area contributed by atoms with Crippen LogP contribution in [0.3, 0.4) is 0 Å². The summed E-state index contributed by atoms with van der Waals surface area (Å²) in [5.74, 6) is 0.210. The van der Waals surface area contributed by atoms with Gasteiger partial charge >= 0.3 is 6.02 Å². The van der Waals surface area contributed by atoms with Crippen LogP contribution in [-0.4, -0.2) is 29.2 Å². The van der Waals surface area contributed by atoms with E-state index >= 15 is 0 Å². The van der Waals surface area contributed by atoms with Gasteiger partial charge in [-0.1, -0.05) is 0 Å². The lowest BCUT2D eigenvalue weighted by Crippen LogP contribution is -2.20. The molecule has 3 rings (SSSR count). The highest BCUT2D eigenvalue weighted by molar-refractivity contribution is 6.53. The van der Waals surface area contributed by atoms with E-state index in [2.05, 4.69) is 9.98 Å². The molecule has 2 heterocycles. The second kappa shape index (κ2) is 2.66. The van der Waals surface area contributed by atoms with Gasteiger partial charge in [0.25, 0.3) is 0 Å². The largest absolute Gasteiger partial charge is 0.489 e. The van der Waals surface area contributed by atoms with E-state index in [9.17, 15) is 4.79 Å². The van der Waals surface area contributed by atoms with E-state index in [1.807, 2.05) is 12.2 Å². The first-order chi connectivity index (χ1) is 7.25. The van der Waals surface area contributed by atoms with Crippen LogP contribution in [-0.2, 0) is 9.53 Å². The van der Waals surface area contributed by atoms with Crippen LogP contribution < -0.4 is 0 Å². The Morgan fingerprint density at radius 3 is 3.13 bits per heavy atom. The minimum Gasteiger partial charge on any atom is -0.489 e. The maximum absolute atomic E-state index is 11.5. The number of allylic oxidation sites excluding steroid dienone is 3. The van der Waals surface area contributed by atoms with Gasteiger partial charge in [-0.25, -0.2) is 0 Å². The number of aliphatic imine (C=N–C) groups is 2. The van der Waals surface area contributed by atoms with E-state index in [-0.39, 0.29) is 17.5 Å². The van der Waals surface area contributed by atoms with Gasteiger partial charge < -0.3 is 9.84 Å². The second-order valence-corrected chi connectivity index (χ2v) is 3.22. The zero-order valence-electron chi connectivity index (χ0n) is 7.60. The van der Waals surface area contributed by atoms with E-state index in [4.69, 9.17) is 9.84 Å². The quantitative estimate of drug-likeness (QED) is 0.586. The molecule has 0 spiro atoms. The number of ether oxygens (including phenoxy) is 1. The number of rotatable bonds is 0. The normalized spacial score (nSPS) is 22.7. The van der Waals surface area contributed by atoms with Crippen molar-refractivity contribution < 1.29 is 14.6 Å². The Labute approximate surface area is 84.8 Å². The number of carbonyl (C=O) groups is 1. The molecule has 0 aromatic heterocycles. The molecule has 0 aromatic carbocycles. The summed E-state index contributed by atoms with van der Waals surface area (Å²) >= 11 is 0. The molecular weight excluding hydrogens is 196 g/mol. The molecule has 5 heteroatoms. The summed E-state index contributed by atoms with van der Waals surface area (Å²) < 4.78 is 5.29. The number of carbonyl (C=O) groups excluding carboxylic acids is 1. The highest BCUT2D eigenvalue weighted by Crippen LogP contribution is 2.29. The lowest BCUT2D eigenvalue weighted by Gasteiger charge is -2.18. The number of nitrogens with zero attached hydrogens (tertiary/aromatic N) is 2. The lowest BCUT2D eigenvalue weighted by atomic mass is 9.97. The monoisotopic (exact) mass is 202 g/mol. The van der Waals surface area contributed by atoms with Crippen LogP contribution in [0.2, 0.25) is 0 Å². The molecule has 15 heavy (non-hydrogen) atoms. The third kappa shape index (κ3) is 1.06. The van der Waals surface area contributed by atoms with Crippen molar-refractivity contribution in [3.63, 3.8) is 0 Å². The Balaban J connectivity index is 2.26. The van der Waals surface area contributed by atoms with Gasteiger partial charge in [-0.2, -0.15) is 9.98 Å². The van der Waals surface area contributed by atoms with Crippen LogP contribution >= 0.6 is 0 Å². The molecule has 1 aliphatic carbocycles. The molecule has 0 saturated heterocycles. The molecular formula is C10H6N2O3. The first-order valence-electron chi connectivity index (χ1n) is 4.42. The van der Waals surface area contributed by atoms with Crippen molar-refractivity contribution in [2.75, 3.05) is 6.61 Å². The number of amidine groups is 1. The van der Waals surface area contributed by atoms with Crippen LogP contribution in [0, 0.1) is 0 Å². The SMILES string of the molecule is O=C1C=C2OCC=CC2=C2N=C(O)N=C12. The van der Waals surface area contributed by atoms with Gasteiger partial charge in [-0.3, -0.25) is 4.79 Å². The van der Waals surface area contributed by atoms with Crippen molar-refractivity contribution in [3.05, 3.63) is 35.3 Å². The van der Waals surface area contributed by atoms with Crippen molar-refractivity contribution >= 4 is 17.5 Å². The minimum atomic E-state index is -0.380. The summed E-state index contributed by atoms with van der Waals surface area (Å²) in [6.45, 7) is 0.443. The van der Waals surface area contributed by atoms with Crippen LogP contribution in [0.15, 0.2) is 45.2 Å². The first kappa shape index (κ1) is 8.16. The van der Waals surface area contributed by atoms with E-state index in [1.54, 1.807) is 0 Å². The number of hydrogen-bond acceptors (Lipinski definition) is 4. The van der Waals surface area contributed by atoms with E-state index in [0.717, 1.165) is 0 Å². The van der Waals surface area contributed by atoms with Crippen LogP contribution in [0.1, 0.15) is 0 Å². The predicted molar refractivity (Wildman–Crippen MR) is 52.7 cm³/mol. The summed E-state index contributed by atoms with van der Waals surface area (Å²) in [4.78, 5) is 19.0. The van der Waals surface area contributed by atoms with Gasteiger partial charge in [-0.15, -0.1) is 0 Å². The van der Waals surface area contributed by atoms with E-state index < -0.39 is 0 Å². The Morgan fingerprint density at radius 1 is 1.40 bits per heavy atom. The fraction of sp³-hybridized carbons (Fsp3) is 0.100. The van der Waals surface area contributed by atoms with Gasteiger partial charge in [-0.05, 0) is 12.2 Å². The average Bonchev–Trinajstić information content (AvgIpc) is 2.61. The molecule has 3 aliphatic rings. The first-order valence-corrected chi connectivity index (χ1v) is 4.42. The Morgan fingerprint density at radius 2 is 2.27 bits per heavy atom. The zero-order valence-corrected chi connectivity index (χ0v) is 7.60. The Hall–Kier alpha value is -2.17. The standard InChI is InChI=1S/C10H6N2O3/c13-6-4-7-5(2-1-3-15-7)8-9(6)12-10(14)11-8/h1-2,4H,3H2,(H,11,14). The number of hydrogen-bond donors (Lipinski definition) is 1. The second-order valence-electron chi connectivity index (χ2n) is 3.22. The van der Waals surface area contributed by atoms with Gasteiger partial charge in [0.2, 0.25) is 5.78 Å². The summed E-state index contributed by atoms with van der Waals surface area (Å²) in [5.41, 5.74) is 1.27. The molecule has 5 nitrogen and oxygen atoms in total. The van der Waals surface area contributed by atoms with E-state index in [0.29, 0.717) is 23.6 Å². The molecule has 74 valence electrons. The van der Waals surface area contributed by atoms with Crippen LogP contribution in [0.5, 0.6) is 0 Å². The zero-order chi connectivity index (χ0) is 10.4. The highest BCUT2D eigenvalue weighted by Gasteiger charge is 2.31. The smallest absolute Gasteiger partial charge is 0.315 e. The lowest BCUT2D eigenvalue weighted by molar-refractivity contribution is -0.109. The van der Waals surface area contributed by atoms with Gasteiger partial charge in [0, 0.05) is 11.6 Å². The van der Waals surface area contributed by atoms with Gasteiger partial charge in [0.15, 0.2) is 0 Å². The average molecular weight is 202 g/mol. The Kier molecular flexibility index (Phi) is 1.45. The van der Waals surface area contributed by atoms with Crippen molar-refractivity contribution in [2.45, 2.75) is 0 Å². The summed E-state index contributed by atoms with van der Waals surface area (Å²) in [6, 6.07) is -0.380. The molecule has 0 amide bonds. The van der Waals surface area contributed by atoms with Crippen molar-refractivity contribution in [2.24, 2.45) is 9.98 Å². The van der Waals surface area contributed by atoms with Crippen molar-refractivity contribution in [3.8, 4) is 0 Å². The molecule has 2 aliphatic heterocycles. The molecule has 0 bridgehead atoms. The van der Waals surface area contributed by atoms with Crippen LogP contribution in [0.25, 0.3) is 0 Å². The third-order valence-corrected chi connectivity index (χ3v) is 2.28. The topological polar surface area (TPSA) is 71.2 Å². The summed E-state index contributed by atoms with van der Waals surface area (Å²) in [5, 5.41) is 9.16. The molecule has 0 saturated carbocycles. The summed E-state index contributed by atoms with van der Waals surface area (Å²) in [7, 11) is 0. The molecule has 1 N–H and O–H groups in total. The fourth-order valence-electron chi connectivity index (χ4n) is 1.66. The molecule has 0 radical (unpaired) electrons. The van der Waals surface area contributed by atoms with Gasteiger partial charge in [0.05, 0.1) is 0 Å². The van der Waals surface area contributed by atoms with Crippen LogP contribution in [0.4, 0.5) is 0 Å².